The third kappa shape index (κ3) is 5.73. The van der Waals surface area contributed by atoms with Crippen molar-refractivity contribution in [1.29, 1.82) is 0 Å². The number of nitrogens with two attached hydrogens (primary N) is 1. The highest BCUT2D eigenvalue weighted by molar-refractivity contribution is 5.94. The summed E-state index contributed by atoms with van der Waals surface area (Å²) in [6, 6.07) is 21.3. The van der Waals surface area contributed by atoms with Gasteiger partial charge in [-0.2, -0.15) is 0 Å². The van der Waals surface area contributed by atoms with Crippen LogP contribution in [0.3, 0.4) is 0 Å². The van der Waals surface area contributed by atoms with E-state index in [1.54, 1.807) is 15.5 Å². The molecule has 4 rings (SSSR count). The highest BCUT2D eigenvalue weighted by Gasteiger charge is 2.32. The summed E-state index contributed by atoms with van der Waals surface area (Å²) in [4.78, 5) is 34.4. The minimum Gasteiger partial charge on any atom is -0.508 e. The van der Waals surface area contributed by atoms with Gasteiger partial charge in [0.1, 0.15) is 11.6 Å². The number of amides is 1. The van der Waals surface area contributed by atoms with Gasteiger partial charge in [-0.3, -0.25) is 14.2 Å². The second-order valence-corrected chi connectivity index (χ2v) is 9.74. The maximum absolute atomic E-state index is 13.9. The van der Waals surface area contributed by atoms with E-state index in [9.17, 15) is 14.7 Å². The number of hydrogen-bond acceptors (Lipinski definition) is 5. The van der Waals surface area contributed by atoms with Gasteiger partial charge in [0, 0.05) is 18.2 Å². The predicted octanol–water partition coefficient (Wildman–Crippen LogP) is 4.65. The summed E-state index contributed by atoms with van der Waals surface area (Å²) in [6.45, 7) is 7.19. The average Bonchev–Trinajstić information content (AvgIpc) is 2.88. The molecule has 0 bridgehead atoms. The van der Waals surface area contributed by atoms with Crippen LogP contribution in [0.15, 0.2) is 77.6 Å². The van der Waals surface area contributed by atoms with E-state index < -0.39 is 6.04 Å². The SMILES string of the molecule is Cc1ccc(C(=O)N(CCCN)C(c2nc3cc(O)ccc3c(=O)n2Cc2ccccc2)C(C)C)cc1. The zero-order chi connectivity index (χ0) is 26.5. The molecule has 3 N–H and O–H groups in total. The van der Waals surface area contributed by atoms with Gasteiger partial charge < -0.3 is 15.7 Å². The van der Waals surface area contributed by atoms with E-state index in [1.807, 2.05) is 75.4 Å². The molecule has 1 aromatic heterocycles. The number of hydrogen-bond donors (Lipinski definition) is 2. The molecule has 1 amide bonds. The van der Waals surface area contributed by atoms with Gasteiger partial charge in [-0.15, -0.1) is 0 Å². The number of rotatable bonds is 9. The number of fused-ring (bicyclic) bond motifs is 1. The van der Waals surface area contributed by atoms with Crippen molar-refractivity contribution in [2.24, 2.45) is 11.7 Å². The molecular formula is C30H34N4O3. The van der Waals surface area contributed by atoms with Crippen LogP contribution in [0.2, 0.25) is 0 Å². The number of nitrogens with zero attached hydrogens (tertiary/aromatic N) is 3. The Balaban J connectivity index is 1.93. The molecule has 0 fully saturated rings. The molecule has 37 heavy (non-hydrogen) atoms. The fourth-order valence-electron chi connectivity index (χ4n) is 4.66. The summed E-state index contributed by atoms with van der Waals surface area (Å²) in [7, 11) is 0. The Morgan fingerprint density at radius 3 is 2.41 bits per heavy atom. The van der Waals surface area contributed by atoms with E-state index in [0.717, 1.165) is 11.1 Å². The van der Waals surface area contributed by atoms with Gasteiger partial charge in [0.2, 0.25) is 0 Å². The lowest BCUT2D eigenvalue weighted by Crippen LogP contribution is -2.42. The Morgan fingerprint density at radius 2 is 1.76 bits per heavy atom. The molecule has 0 saturated heterocycles. The van der Waals surface area contributed by atoms with Crippen molar-refractivity contribution in [2.45, 2.75) is 39.8 Å². The Bertz CT molecular complexity index is 1430. The van der Waals surface area contributed by atoms with Crippen LogP contribution in [0, 0.1) is 12.8 Å². The first-order chi connectivity index (χ1) is 17.8. The summed E-state index contributed by atoms with van der Waals surface area (Å²) in [5, 5.41) is 10.5. The third-order valence-corrected chi connectivity index (χ3v) is 6.55. The predicted molar refractivity (Wildman–Crippen MR) is 147 cm³/mol. The minimum absolute atomic E-state index is 0.0305. The Morgan fingerprint density at radius 1 is 1.05 bits per heavy atom. The lowest BCUT2D eigenvalue weighted by Gasteiger charge is -2.35. The van der Waals surface area contributed by atoms with Crippen molar-refractivity contribution in [3.05, 3.63) is 106 Å². The normalized spacial score (nSPS) is 12.1. The summed E-state index contributed by atoms with van der Waals surface area (Å²) < 4.78 is 1.66. The van der Waals surface area contributed by atoms with Gasteiger partial charge in [-0.25, -0.2) is 4.98 Å². The van der Waals surface area contributed by atoms with Gasteiger partial charge in [-0.05, 0) is 55.6 Å². The van der Waals surface area contributed by atoms with Crippen LogP contribution in [0.1, 0.15) is 53.6 Å². The molecule has 7 heteroatoms. The van der Waals surface area contributed by atoms with Crippen molar-refractivity contribution in [2.75, 3.05) is 13.1 Å². The van der Waals surface area contributed by atoms with Crippen LogP contribution in [0.4, 0.5) is 0 Å². The fourth-order valence-corrected chi connectivity index (χ4v) is 4.66. The number of aromatic hydroxyl groups is 1. The third-order valence-electron chi connectivity index (χ3n) is 6.55. The number of aromatic nitrogens is 2. The quantitative estimate of drug-likeness (QED) is 0.350. The van der Waals surface area contributed by atoms with Crippen LogP contribution >= 0.6 is 0 Å². The molecule has 1 atom stereocenters. The standard InChI is InChI=1S/C30H34N4O3/c1-20(2)27(33(17-7-16-31)29(36)23-12-10-21(3)11-13-23)28-32-26-18-24(35)14-15-25(26)30(37)34(28)19-22-8-5-4-6-9-22/h4-6,8-15,18,20,27,35H,7,16-17,19,31H2,1-3H3. The second-order valence-electron chi connectivity index (χ2n) is 9.74. The van der Waals surface area contributed by atoms with E-state index in [1.165, 1.54) is 12.1 Å². The molecular weight excluding hydrogens is 464 g/mol. The van der Waals surface area contributed by atoms with Crippen LogP contribution in [0.5, 0.6) is 5.75 Å². The van der Waals surface area contributed by atoms with Crippen molar-refractivity contribution < 1.29 is 9.90 Å². The molecule has 0 spiro atoms. The molecule has 0 saturated carbocycles. The van der Waals surface area contributed by atoms with Crippen LogP contribution < -0.4 is 11.3 Å². The van der Waals surface area contributed by atoms with E-state index in [4.69, 9.17) is 10.7 Å². The number of phenolic OH excluding ortho intramolecular Hbond substituents is 1. The number of phenols is 1. The number of carbonyl (C=O) groups is 1. The number of benzene rings is 3. The zero-order valence-electron chi connectivity index (χ0n) is 21.6. The van der Waals surface area contributed by atoms with Crippen molar-refractivity contribution >= 4 is 16.8 Å². The summed E-state index contributed by atoms with van der Waals surface area (Å²) in [5.41, 5.74) is 8.64. The topological polar surface area (TPSA) is 101 Å². The van der Waals surface area contributed by atoms with E-state index in [0.29, 0.717) is 48.3 Å². The smallest absolute Gasteiger partial charge is 0.261 e. The summed E-state index contributed by atoms with van der Waals surface area (Å²) in [6.07, 6.45) is 0.609. The maximum atomic E-state index is 13.9. The van der Waals surface area contributed by atoms with Crippen LogP contribution in [-0.2, 0) is 6.54 Å². The number of carbonyl (C=O) groups excluding carboxylic acids is 1. The molecule has 0 radical (unpaired) electrons. The molecule has 0 aliphatic carbocycles. The Labute approximate surface area is 217 Å². The second kappa shape index (κ2) is 11.4. The molecule has 1 unspecified atom stereocenters. The fraction of sp³-hybridized carbons (Fsp3) is 0.300. The first kappa shape index (κ1) is 26.1. The van der Waals surface area contributed by atoms with E-state index >= 15 is 0 Å². The summed E-state index contributed by atoms with van der Waals surface area (Å²) >= 11 is 0. The summed E-state index contributed by atoms with van der Waals surface area (Å²) in [5.74, 6) is 0.321. The molecule has 3 aromatic carbocycles. The van der Waals surface area contributed by atoms with Crippen molar-refractivity contribution in [3.8, 4) is 5.75 Å². The van der Waals surface area contributed by atoms with Crippen LogP contribution in [-0.4, -0.2) is 38.6 Å². The van der Waals surface area contributed by atoms with Gasteiger partial charge in [0.25, 0.3) is 11.5 Å². The molecule has 192 valence electrons. The van der Waals surface area contributed by atoms with E-state index in [-0.39, 0.29) is 23.1 Å². The lowest BCUT2D eigenvalue weighted by atomic mass is 9.98. The molecule has 0 aliphatic heterocycles. The highest BCUT2D eigenvalue weighted by Crippen LogP contribution is 2.31. The Hall–Kier alpha value is -3.97. The van der Waals surface area contributed by atoms with Crippen molar-refractivity contribution in [3.63, 3.8) is 0 Å². The highest BCUT2D eigenvalue weighted by atomic mass is 16.3. The van der Waals surface area contributed by atoms with E-state index in [2.05, 4.69) is 0 Å². The van der Waals surface area contributed by atoms with Crippen LogP contribution in [0.25, 0.3) is 10.9 Å². The first-order valence-corrected chi connectivity index (χ1v) is 12.6. The molecule has 4 aromatic rings. The largest absolute Gasteiger partial charge is 0.508 e. The molecule has 0 aliphatic rings. The minimum atomic E-state index is -0.497. The Kier molecular flexibility index (Phi) is 8.04. The van der Waals surface area contributed by atoms with Gasteiger partial charge in [-0.1, -0.05) is 61.9 Å². The molecule has 7 nitrogen and oxygen atoms in total. The number of aryl methyl sites for hydroxylation is 1. The van der Waals surface area contributed by atoms with Gasteiger partial charge in [0.05, 0.1) is 23.5 Å². The lowest BCUT2D eigenvalue weighted by molar-refractivity contribution is 0.0602. The zero-order valence-corrected chi connectivity index (χ0v) is 21.6. The monoisotopic (exact) mass is 498 g/mol. The average molecular weight is 499 g/mol. The first-order valence-electron chi connectivity index (χ1n) is 12.6. The molecule has 1 heterocycles. The van der Waals surface area contributed by atoms with Gasteiger partial charge in [0.15, 0.2) is 0 Å². The van der Waals surface area contributed by atoms with Gasteiger partial charge >= 0.3 is 0 Å². The van der Waals surface area contributed by atoms with Crippen molar-refractivity contribution in [1.82, 2.24) is 14.5 Å². The maximum Gasteiger partial charge on any atom is 0.261 e.